The van der Waals surface area contributed by atoms with Crippen LogP contribution in [0.25, 0.3) is 0 Å². The Kier molecular flexibility index (Phi) is 12.6. The van der Waals surface area contributed by atoms with E-state index in [2.05, 4.69) is 12.1 Å². The van der Waals surface area contributed by atoms with Crippen LogP contribution in [0.4, 0.5) is 0 Å². The predicted molar refractivity (Wildman–Crippen MR) is 71.5 cm³/mol. The molecule has 0 aromatic carbocycles. The molecule has 0 rings (SSSR count). The largest absolute Gasteiger partial charge is 0.410 e. The van der Waals surface area contributed by atoms with Gasteiger partial charge in [-0.25, -0.2) is 0 Å². The van der Waals surface area contributed by atoms with Gasteiger partial charge in [-0.15, -0.1) is 0 Å². The number of unbranched alkanes of at least 4 members (excludes halogenated alkanes) is 9. The van der Waals surface area contributed by atoms with E-state index in [9.17, 15) is 0 Å². The fraction of sp³-hybridized carbons (Fsp3) is 0.923. The monoisotopic (exact) mass is 247 g/mol. The second-order valence-corrected chi connectivity index (χ2v) is 4.84. The summed E-state index contributed by atoms with van der Waals surface area (Å²) in [6, 6.07) is 0. The first-order chi connectivity index (χ1) is 7.81. The van der Waals surface area contributed by atoms with Crippen molar-refractivity contribution in [2.45, 2.75) is 77.6 Å². The van der Waals surface area contributed by atoms with Crippen LogP contribution in [0.1, 0.15) is 77.6 Å². The van der Waals surface area contributed by atoms with E-state index >= 15 is 0 Å². The highest BCUT2D eigenvalue weighted by Gasteiger charge is 1.95. The molecule has 0 saturated carbocycles. The van der Waals surface area contributed by atoms with Crippen LogP contribution in [-0.4, -0.2) is 10.4 Å². The van der Waals surface area contributed by atoms with Gasteiger partial charge in [-0.1, -0.05) is 81.5 Å². The molecule has 0 amide bonds. The lowest BCUT2D eigenvalue weighted by Gasteiger charge is -2.01. The molecule has 0 radical (unpaired) electrons. The summed E-state index contributed by atoms with van der Waals surface area (Å²) < 4.78 is 0. The van der Waals surface area contributed by atoms with E-state index in [0.29, 0.717) is 11.6 Å². The fourth-order valence-electron chi connectivity index (χ4n) is 1.81. The van der Waals surface area contributed by atoms with Crippen LogP contribution in [-0.2, 0) is 0 Å². The Balaban J connectivity index is 2.99. The standard InChI is InChI=1S/C13H26ClNO/c1-2-3-4-5-6-7-8-9-10-11-12-13(14)15-16/h16H,2-12H2,1H3. The summed E-state index contributed by atoms with van der Waals surface area (Å²) >= 11 is 5.58. The van der Waals surface area contributed by atoms with Gasteiger partial charge >= 0.3 is 0 Å². The minimum absolute atomic E-state index is 0.333. The summed E-state index contributed by atoms with van der Waals surface area (Å²) in [7, 11) is 0. The molecule has 0 fully saturated rings. The number of hydrogen-bond acceptors (Lipinski definition) is 2. The average Bonchev–Trinajstić information content (AvgIpc) is 2.31. The van der Waals surface area contributed by atoms with Crippen molar-refractivity contribution in [2.24, 2.45) is 5.16 Å². The highest BCUT2D eigenvalue weighted by Crippen LogP contribution is 2.11. The zero-order valence-corrected chi connectivity index (χ0v) is 11.3. The third kappa shape index (κ3) is 11.8. The normalized spacial score (nSPS) is 12.0. The van der Waals surface area contributed by atoms with Gasteiger partial charge in [-0.05, 0) is 6.42 Å². The first-order valence-corrected chi connectivity index (χ1v) is 7.05. The van der Waals surface area contributed by atoms with E-state index in [1.807, 2.05) is 0 Å². The molecular formula is C13H26ClNO. The minimum atomic E-state index is 0.333. The molecule has 0 heterocycles. The van der Waals surface area contributed by atoms with Crippen LogP contribution in [0, 0.1) is 0 Å². The molecule has 3 heteroatoms. The van der Waals surface area contributed by atoms with Gasteiger partial charge in [0.25, 0.3) is 0 Å². The van der Waals surface area contributed by atoms with Crippen LogP contribution in [0.5, 0.6) is 0 Å². The Labute approximate surface area is 105 Å². The van der Waals surface area contributed by atoms with Gasteiger partial charge in [-0.2, -0.15) is 0 Å². The Morgan fingerprint density at radius 2 is 1.31 bits per heavy atom. The first-order valence-electron chi connectivity index (χ1n) is 6.67. The summed E-state index contributed by atoms with van der Waals surface area (Å²) in [5, 5.41) is 11.6. The molecule has 0 saturated heterocycles. The van der Waals surface area contributed by atoms with E-state index < -0.39 is 0 Å². The number of hydrogen-bond donors (Lipinski definition) is 1. The smallest absolute Gasteiger partial charge is 0.145 e. The van der Waals surface area contributed by atoms with Crippen LogP contribution < -0.4 is 0 Å². The van der Waals surface area contributed by atoms with Gasteiger partial charge in [0.15, 0.2) is 0 Å². The van der Waals surface area contributed by atoms with Crippen LogP contribution in [0.3, 0.4) is 0 Å². The molecule has 2 nitrogen and oxygen atoms in total. The van der Waals surface area contributed by atoms with E-state index in [-0.39, 0.29) is 0 Å². The molecule has 0 spiro atoms. The second kappa shape index (κ2) is 12.8. The van der Waals surface area contributed by atoms with Crippen molar-refractivity contribution in [2.75, 3.05) is 0 Å². The molecule has 96 valence electrons. The van der Waals surface area contributed by atoms with Gasteiger partial charge in [0.1, 0.15) is 5.17 Å². The van der Waals surface area contributed by atoms with Crippen molar-refractivity contribution in [3.8, 4) is 0 Å². The summed E-state index contributed by atoms with van der Waals surface area (Å²) in [4.78, 5) is 0. The van der Waals surface area contributed by atoms with Gasteiger partial charge < -0.3 is 5.21 Å². The van der Waals surface area contributed by atoms with Crippen LogP contribution in [0.2, 0.25) is 0 Å². The summed E-state index contributed by atoms with van der Waals surface area (Å²) in [5.41, 5.74) is 0. The van der Waals surface area contributed by atoms with Crippen molar-refractivity contribution in [3.05, 3.63) is 0 Å². The van der Waals surface area contributed by atoms with Crippen molar-refractivity contribution < 1.29 is 5.21 Å². The lowest BCUT2D eigenvalue weighted by Crippen LogP contribution is -1.88. The van der Waals surface area contributed by atoms with Gasteiger partial charge in [0.2, 0.25) is 0 Å². The van der Waals surface area contributed by atoms with Gasteiger partial charge in [0, 0.05) is 6.42 Å². The zero-order chi connectivity index (χ0) is 12.1. The van der Waals surface area contributed by atoms with Crippen molar-refractivity contribution in [3.63, 3.8) is 0 Å². The topological polar surface area (TPSA) is 32.6 Å². The molecule has 0 aliphatic rings. The summed E-state index contributed by atoms with van der Waals surface area (Å²) in [6.45, 7) is 2.25. The summed E-state index contributed by atoms with van der Waals surface area (Å²) in [5.74, 6) is 0. The quantitative estimate of drug-likeness (QED) is 0.228. The molecule has 0 aliphatic heterocycles. The Hall–Kier alpha value is -0.240. The maximum atomic E-state index is 8.33. The maximum absolute atomic E-state index is 8.33. The van der Waals surface area contributed by atoms with Crippen molar-refractivity contribution >= 4 is 16.8 Å². The van der Waals surface area contributed by atoms with Crippen LogP contribution >= 0.6 is 11.6 Å². The molecule has 0 aromatic rings. The third-order valence-electron chi connectivity index (χ3n) is 2.85. The molecule has 1 N–H and O–H groups in total. The Bertz CT molecular complexity index is 171. The molecule has 0 atom stereocenters. The molecule has 0 aliphatic carbocycles. The second-order valence-electron chi connectivity index (χ2n) is 4.41. The van der Waals surface area contributed by atoms with E-state index in [1.54, 1.807) is 0 Å². The zero-order valence-electron chi connectivity index (χ0n) is 10.6. The highest BCUT2D eigenvalue weighted by atomic mass is 35.5. The molecule has 16 heavy (non-hydrogen) atoms. The van der Waals surface area contributed by atoms with E-state index in [0.717, 1.165) is 6.42 Å². The number of nitrogens with zero attached hydrogens (tertiary/aromatic N) is 1. The molecule has 0 bridgehead atoms. The first kappa shape index (κ1) is 15.8. The highest BCUT2D eigenvalue weighted by molar-refractivity contribution is 6.65. The molecule has 0 unspecified atom stereocenters. The predicted octanol–water partition coefficient (Wildman–Crippen LogP) is 5.32. The minimum Gasteiger partial charge on any atom is -0.410 e. The number of halogens is 1. The van der Waals surface area contributed by atoms with Crippen molar-refractivity contribution in [1.29, 1.82) is 0 Å². The fourth-order valence-corrected chi connectivity index (χ4v) is 1.94. The lowest BCUT2D eigenvalue weighted by molar-refractivity contribution is 0.319. The number of rotatable bonds is 11. The van der Waals surface area contributed by atoms with Crippen molar-refractivity contribution in [1.82, 2.24) is 0 Å². The van der Waals surface area contributed by atoms with E-state index in [4.69, 9.17) is 16.8 Å². The van der Waals surface area contributed by atoms with Gasteiger partial charge in [-0.3, -0.25) is 0 Å². The van der Waals surface area contributed by atoms with E-state index in [1.165, 1.54) is 57.8 Å². The Morgan fingerprint density at radius 3 is 1.75 bits per heavy atom. The summed E-state index contributed by atoms with van der Waals surface area (Å²) in [6.07, 6.45) is 13.8. The lowest BCUT2D eigenvalue weighted by atomic mass is 10.1. The number of oxime groups is 1. The van der Waals surface area contributed by atoms with Crippen LogP contribution in [0.15, 0.2) is 5.16 Å². The average molecular weight is 248 g/mol. The maximum Gasteiger partial charge on any atom is 0.145 e. The Morgan fingerprint density at radius 1 is 0.875 bits per heavy atom. The third-order valence-corrected chi connectivity index (χ3v) is 3.11. The SMILES string of the molecule is CCCCCCCCCCCCC(Cl)=NO. The molecule has 0 aromatic heterocycles. The van der Waals surface area contributed by atoms with Gasteiger partial charge in [0.05, 0.1) is 0 Å². The molecular weight excluding hydrogens is 222 g/mol.